The Hall–Kier alpha value is -1.80. The Balaban J connectivity index is 2.93. The van der Waals surface area contributed by atoms with Gasteiger partial charge in [0.1, 0.15) is 0 Å². The molecule has 0 fully saturated rings. The van der Waals surface area contributed by atoms with Gasteiger partial charge in [0.05, 0.1) is 0 Å². The van der Waals surface area contributed by atoms with Crippen LogP contribution < -0.4 is 0 Å². The number of Topliss-reactive ketones (excluding diaryl/α,β-unsaturated/α-hetero) is 1. The maximum atomic E-state index is 11.5. The van der Waals surface area contributed by atoms with E-state index in [1.165, 1.54) is 0 Å². The molecule has 0 unspecified atom stereocenters. The van der Waals surface area contributed by atoms with E-state index in [2.05, 4.69) is 10.0 Å². The van der Waals surface area contributed by atoms with Crippen LogP contribution in [0.5, 0.6) is 0 Å². The molecule has 1 aromatic carbocycles. The molecule has 0 radical (unpaired) electrons. The number of carbonyl (C=O) groups is 1. The summed E-state index contributed by atoms with van der Waals surface area (Å²) in [6, 6.07) is 6.61. The highest BCUT2D eigenvalue weighted by atomic mass is 16.1. The maximum absolute atomic E-state index is 11.5. The highest BCUT2D eigenvalue weighted by Gasteiger charge is 2.09. The predicted molar refractivity (Wildman–Crippen MR) is 54.4 cm³/mol. The molecule has 0 atom stereocenters. The number of azide groups is 1. The molecule has 4 heteroatoms. The summed E-state index contributed by atoms with van der Waals surface area (Å²) < 4.78 is 0. The van der Waals surface area contributed by atoms with E-state index in [0.717, 1.165) is 0 Å². The summed E-state index contributed by atoms with van der Waals surface area (Å²) in [7, 11) is 0. The maximum Gasteiger partial charge on any atom is 0.165 e. The smallest absolute Gasteiger partial charge is 0.165 e. The van der Waals surface area contributed by atoms with Gasteiger partial charge < -0.3 is 0 Å². The zero-order valence-electron chi connectivity index (χ0n) is 8.14. The van der Waals surface area contributed by atoms with Crippen LogP contribution in [0, 0.1) is 5.92 Å². The van der Waals surface area contributed by atoms with Gasteiger partial charge in [-0.15, -0.1) is 0 Å². The highest BCUT2D eigenvalue weighted by Crippen LogP contribution is 2.15. The fourth-order valence-corrected chi connectivity index (χ4v) is 1.08. The molecule has 0 saturated carbocycles. The van der Waals surface area contributed by atoms with E-state index < -0.39 is 0 Å². The first-order chi connectivity index (χ1) is 6.65. The fraction of sp³-hybridized carbons (Fsp3) is 0.300. The van der Waals surface area contributed by atoms with E-state index in [1.54, 1.807) is 24.3 Å². The predicted octanol–water partition coefficient (Wildman–Crippen LogP) is 3.47. The van der Waals surface area contributed by atoms with Crippen molar-refractivity contribution in [3.8, 4) is 0 Å². The van der Waals surface area contributed by atoms with Crippen LogP contribution in [0.15, 0.2) is 29.4 Å². The van der Waals surface area contributed by atoms with Crippen molar-refractivity contribution in [3.05, 3.63) is 40.3 Å². The zero-order chi connectivity index (χ0) is 10.6. The van der Waals surface area contributed by atoms with Crippen LogP contribution in [0.3, 0.4) is 0 Å². The minimum absolute atomic E-state index is 0.0136. The number of carbonyl (C=O) groups excluding carboxylic acids is 1. The van der Waals surface area contributed by atoms with Gasteiger partial charge in [0.25, 0.3) is 0 Å². The summed E-state index contributed by atoms with van der Waals surface area (Å²) in [6.07, 6.45) is 0. The Kier molecular flexibility index (Phi) is 3.26. The summed E-state index contributed by atoms with van der Waals surface area (Å²) >= 11 is 0. The third kappa shape index (κ3) is 2.34. The molecule has 0 amide bonds. The Morgan fingerprint density at radius 2 is 1.93 bits per heavy atom. The van der Waals surface area contributed by atoms with Gasteiger partial charge in [-0.2, -0.15) is 0 Å². The Morgan fingerprint density at radius 1 is 1.36 bits per heavy atom. The van der Waals surface area contributed by atoms with Crippen molar-refractivity contribution in [2.75, 3.05) is 0 Å². The van der Waals surface area contributed by atoms with E-state index in [0.29, 0.717) is 11.3 Å². The Morgan fingerprint density at radius 3 is 2.36 bits per heavy atom. The van der Waals surface area contributed by atoms with Crippen LogP contribution in [0.1, 0.15) is 24.2 Å². The first-order valence-electron chi connectivity index (χ1n) is 4.34. The molecule has 0 saturated heterocycles. The lowest BCUT2D eigenvalue weighted by Gasteiger charge is -2.03. The summed E-state index contributed by atoms with van der Waals surface area (Å²) in [5.74, 6) is 0.0813. The normalized spacial score (nSPS) is 9.64. The number of hydrogen-bond acceptors (Lipinski definition) is 2. The molecule has 1 aromatic rings. The summed E-state index contributed by atoms with van der Waals surface area (Å²) in [4.78, 5) is 14.2. The number of benzene rings is 1. The van der Waals surface area contributed by atoms with Crippen molar-refractivity contribution in [3.63, 3.8) is 0 Å². The van der Waals surface area contributed by atoms with Crippen molar-refractivity contribution in [1.29, 1.82) is 0 Å². The second-order valence-corrected chi connectivity index (χ2v) is 3.26. The van der Waals surface area contributed by atoms with Gasteiger partial charge in [0, 0.05) is 22.1 Å². The fourth-order valence-electron chi connectivity index (χ4n) is 1.08. The second kappa shape index (κ2) is 4.44. The molecule has 0 N–H and O–H groups in total. The van der Waals surface area contributed by atoms with Crippen molar-refractivity contribution >= 4 is 11.5 Å². The SMILES string of the molecule is CC(C)C(=O)c1ccc(N=[N+]=[N-])cc1. The van der Waals surface area contributed by atoms with Gasteiger partial charge in [-0.3, -0.25) is 4.79 Å². The molecular formula is C10H11N3O. The van der Waals surface area contributed by atoms with Crippen LogP contribution in [0.4, 0.5) is 5.69 Å². The lowest BCUT2D eigenvalue weighted by Crippen LogP contribution is -2.06. The number of ketones is 1. The highest BCUT2D eigenvalue weighted by molar-refractivity contribution is 5.97. The molecule has 0 heterocycles. The van der Waals surface area contributed by atoms with E-state index in [4.69, 9.17) is 5.53 Å². The average Bonchev–Trinajstić information content (AvgIpc) is 2.18. The average molecular weight is 189 g/mol. The molecule has 72 valence electrons. The molecule has 4 nitrogen and oxygen atoms in total. The molecule has 0 bridgehead atoms. The topological polar surface area (TPSA) is 65.8 Å². The number of rotatable bonds is 3. The zero-order valence-corrected chi connectivity index (χ0v) is 8.14. The lowest BCUT2D eigenvalue weighted by molar-refractivity contribution is 0.0939. The van der Waals surface area contributed by atoms with Crippen LogP contribution in [0.2, 0.25) is 0 Å². The van der Waals surface area contributed by atoms with Gasteiger partial charge in [-0.05, 0) is 5.53 Å². The van der Waals surface area contributed by atoms with Gasteiger partial charge in [0.15, 0.2) is 5.78 Å². The molecule has 0 aliphatic heterocycles. The summed E-state index contributed by atoms with van der Waals surface area (Å²) in [6.45, 7) is 3.70. The first kappa shape index (κ1) is 10.3. The van der Waals surface area contributed by atoms with Gasteiger partial charge in [-0.25, -0.2) is 0 Å². The van der Waals surface area contributed by atoms with Crippen LogP contribution in [0.25, 0.3) is 10.4 Å². The van der Waals surface area contributed by atoms with Crippen LogP contribution in [-0.4, -0.2) is 5.78 Å². The minimum atomic E-state index is -0.0136. The molecule has 1 rings (SSSR count). The minimum Gasteiger partial charge on any atom is -0.294 e. The molecule has 0 aliphatic carbocycles. The van der Waals surface area contributed by atoms with Crippen LogP contribution in [-0.2, 0) is 0 Å². The van der Waals surface area contributed by atoms with E-state index in [9.17, 15) is 4.79 Å². The standard InChI is InChI=1S/C10H11N3O/c1-7(2)10(14)8-3-5-9(6-4-8)12-13-11/h3-7H,1-2H3. The van der Waals surface area contributed by atoms with Crippen molar-refractivity contribution < 1.29 is 4.79 Å². The summed E-state index contributed by atoms with van der Waals surface area (Å²) in [5, 5.41) is 3.42. The monoisotopic (exact) mass is 189 g/mol. The van der Waals surface area contributed by atoms with Crippen molar-refractivity contribution in [2.24, 2.45) is 11.0 Å². The van der Waals surface area contributed by atoms with Gasteiger partial charge in [-0.1, -0.05) is 43.2 Å². The Labute approximate surface area is 82.2 Å². The third-order valence-corrected chi connectivity index (χ3v) is 1.84. The van der Waals surface area contributed by atoms with Crippen molar-refractivity contribution in [1.82, 2.24) is 0 Å². The van der Waals surface area contributed by atoms with Crippen LogP contribution >= 0.6 is 0 Å². The third-order valence-electron chi connectivity index (χ3n) is 1.84. The molecule has 0 spiro atoms. The van der Waals surface area contributed by atoms with Crippen molar-refractivity contribution in [2.45, 2.75) is 13.8 Å². The van der Waals surface area contributed by atoms with E-state index >= 15 is 0 Å². The summed E-state index contributed by atoms with van der Waals surface area (Å²) in [5.41, 5.74) is 9.35. The van der Waals surface area contributed by atoms with Gasteiger partial charge in [0.2, 0.25) is 0 Å². The second-order valence-electron chi connectivity index (χ2n) is 3.26. The largest absolute Gasteiger partial charge is 0.294 e. The first-order valence-corrected chi connectivity index (χ1v) is 4.34. The number of hydrogen-bond donors (Lipinski definition) is 0. The van der Waals surface area contributed by atoms with E-state index in [-0.39, 0.29) is 11.7 Å². The molecule has 0 aromatic heterocycles. The van der Waals surface area contributed by atoms with Gasteiger partial charge >= 0.3 is 0 Å². The molecule has 0 aliphatic rings. The quantitative estimate of drug-likeness (QED) is 0.310. The lowest BCUT2D eigenvalue weighted by atomic mass is 10.0. The molecule has 14 heavy (non-hydrogen) atoms. The van der Waals surface area contributed by atoms with E-state index in [1.807, 2.05) is 13.8 Å². The number of nitrogens with zero attached hydrogens (tertiary/aromatic N) is 3. The Bertz CT molecular complexity index is 375. The molecular weight excluding hydrogens is 178 g/mol.